The first-order chi connectivity index (χ1) is 16.3. The fourth-order valence-electron chi connectivity index (χ4n) is 4.49. The van der Waals surface area contributed by atoms with E-state index in [0.29, 0.717) is 25.2 Å². The zero-order chi connectivity index (χ0) is 22.5. The number of rotatable bonds is 8. The van der Waals surface area contributed by atoms with Crippen LogP contribution in [0.2, 0.25) is 0 Å². The van der Waals surface area contributed by atoms with E-state index in [4.69, 9.17) is 4.42 Å². The molecule has 33 heavy (non-hydrogen) atoms. The van der Waals surface area contributed by atoms with E-state index in [1.54, 1.807) is 6.20 Å². The molecule has 1 atom stereocenters. The lowest BCUT2D eigenvalue weighted by molar-refractivity contribution is -0.122. The number of hydrogen-bond donors (Lipinski definition) is 1. The molecule has 1 aliphatic rings. The van der Waals surface area contributed by atoms with Crippen LogP contribution in [0.25, 0.3) is 11.3 Å². The van der Waals surface area contributed by atoms with Gasteiger partial charge in [-0.3, -0.25) is 9.48 Å². The first kappa shape index (κ1) is 21.2. The van der Waals surface area contributed by atoms with Crippen molar-refractivity contribution in [2.24, 2.45) is 0 Å². The molecule has 5 rings (SSSR count). The Hall–Kier alpha value is -3.67. The summed E-state index contributed by atoms with van der Waals surface area (Å²) in [5.74, 6) is 1.50. The van der Waals surface area contributed by atoms with Crippen molar-refractivity contribution in [2.75, 3.05) is 0 Å². The number of aryl methyl sites for hydroxylation is 1. The van der Waals surface area contributed by atoms with Crippen molar-refractivity contribution in [2.45, 2.75) is 51.1 Å². The number of nitrogens with zero attached hydrogens (tertiary/aromatic N) is 3. The Morgan fingerprint density at radius 2 is 1.85 bits per heavy atom. The van der Waals surface area contributed by atoms with E-state index in [0.717, 1.165) is 42.7 Å². The van der Waals surface area contributed by atoms with Gasteiger partial charge in [0.15, 0.2) is 11.7 Å². The van der Waals surface area contributed by atoms with Crippen LogP contribution in [0, 0.1) is 0 Å². The van der Waals surface area contributed by atoms with Gasteiger partial charge in [-0.25, -0.2) is 4.98 Å². The Morgan fingerprint density at radius 3 is 2.67 bits per heavy atom. The summed E-state index contributed by atoms with van der Waals surface area (Å²) >= 11 is 0. The van der Waals surface area contributed by atoms with Gasteiger partial charge < -0.3 is 9.73 Å². The summed E-state index contributed by atoms with van der Waals surface area (Å²) in [4.78, 5) is 17.0. The highest BCUT2D eigenvalue weighted by Gasteiger charge is 2.25. The third-order valence-corrected chi connectivity index (χ3v) is 6.18. The van der Waals surface area contributed by atoms with Crippen molar-refractivity contribution in [1.82, 2.24) is 20.1 Å². The summed E-state index contributed by atoms with van der Waals surface area (Å²) in [6.07, 6.45) is 8.49. The van der Waals surface area contributed by atoms with Gasteiger partial charge in [-0.2, -0.15) is 5.10 Å². The maximum atomic E-state index is 12.6. The van der Waals surface area contributed by atoms with Crippen molar-refractivity contribution in [3.05, 3.63) is 95.8 Å². The molecule has 168 valence electrons. The minimum absolute atomic E-state index is 0.0391. The van der Waals surface area contributed by atoms with Crippen molar-refractivity contribution in [1.29, 1.82) is 0 Å². The Labute approximate surface area is 193 Å². The minimum atomic E-state index is 0.0391. The molecule has 1 amide bonds. The van der Waals surface area contributed by atoms with Gasteiger partial charge in [-0.15, -0.1) is 0 Å². The lowest BCUT2D eigenvalue weighted by Gasteiger charge is -2.24. The molecule has 0 aliphatic heterocycles. The highest BCUT2D eigenvalue weighted by molar-refractivity contribution is 5.76. The Bertz CT molecular complexity index is 1200. The number of aromatic nitrogens is 3. The molecule has 0 saturated carbocycles. The van der Waals surface area contributed by atoms with Crippen LogP contribution in [0.4, 0.5) is 0 Å². The summed E-state index contributed by atoms with van der Waals surface area (Å²) in [6.45, 7) is 0.762. The van der Waals surface area contributed by atoms with Gasteiger partial charge >= 0.3 is 0 Å². The van der Waals surface area contributed by atoms with Crippen LogP contribution >= 0.6 is 0 Å². The lowest BCUT2D eigenvalue weighted by Crippen LogP contribution is -2.31. The van der Waals surface area contributed by atoms with E-state index in [9.17, 15) is 4.79 Å². The fraction of sp³-hybridized carbons (Fsp3) is 0.296. The van der Waals surface area contributed by atoms with Gasteiger partial charge in [-0.05, 0) is 31.2 Å². The maximum absolute atomic E-state index is 12.6. The largest absolute Gasteiger partial charge is 0.441 e. The predicted octanol–water partition coefficient (Wildman–Crippen LogP) is 5.10. The quantitative estimate of drug-likeness (QED) is 0.414. The molecule has 0 bridgehead atoms. The van der Waals surface area contributed by atoms with Gasteiger partial charge in [0.1, 0.15) is 0 Å². The molecule has 2 aromatic carbocycles. The topological polar surface area (TPSA) is 73.0 Å². The van der Waals surface area contributed by atoms with Crippen LogP contribution in [0.1, 0.15) is 54.4 Å². The number of nitrogens with one attached hydrogen (secondary N) is 1. The molecule has 6 nitrogen and oxygen atoms in total. The number of fused-ring (bicyclic) bond motifs is 1. The van der Waals surface area contributed by atoms with Crippen LogP contribution in [0.5, 0.6) is 0 Å². The molecule has 6 heteroatoms. The molecule has 0 radical (unpaired) electrons. The second-order valence-electron chi connectivity index (χ2n) is 8.54. The van der Waals surface area contributed by atoms with Crippen LogP contribution in [-0.4, -0.2) is 20.7 Å². The first-order valence-corrected chi connectivity index (χ1v) is 11.6. The SMILES string of the molecule is O=C(CCCc1ncc(-c2ccccc2)o1)NC1CCCc2c1cnn2Cc1ccccc1. The van der Waals surface area contributed by atoms with Crippen molar-refractivity contribution < 1.29 is 9.21 Å². The van der Waals surface area contributed by atoms with E-state index in [1.807, 2.05) is 42.6 Å². The first-order valence-electron chi connectivity index (χ1n) is 11.6. The monoisotopic (exact) mass is 440 g/mol. The van der Waals surface area contributed by atoms with Gasteiger partial charge in [0.2, 0.25) is 5.91 Å². The van der Waals surface area contributed by atoms with Gasteiger partial charge in [0.25, 0.3) is 0 Å². The van der Waals surface area contributed by atoms with E-state index in [-0.39, 0.29) is 11.9 Å². The van der Waals surface area contributed by atoms with E-state index in [1.165, 1.54) is 11.3 Å². The third kappa shape index (κ3) is 5.06. The smallest absolute Gasteiger partial charge is 0.220 e. The minimum Gasteiger partial charge on any atom is -0.441 e. The summed E-state index contributed by atoms with van der Waals surface area (Å²) in [5.41, 5.74) is 4.64. The van der Waals surface area contributed by atoms with Crippen LogP contribution in [0.15, 0.2) is 77.5 Å². The second-order valence-corrected chi connectivity index (χ2v) is 8.54. The number of benzene rings is 2. The van der Waals surface area contributed by atoms with E-state index in [2.05, 4.69) is 44.3 Å². The summed E-state index contributed by atoms with van der Waals surface area (Å²) in [6, 6.07) is 20.3. The zero-order valence-electron chi connectivity index (χ0n) is 18.6. The highest BCUT2D eigenvalue weighted by atomic mass is 16.4. The number of amides is 1. The summed E-state index contributed by atoms with van der Waals surface area (Å²) in [5, 5.41) is 7.85. The lowest BCUT2D eigenvalue weighted by atomic mass is 9.92. The van der Waals surface area contributed by atoms with Crippen LogP contribution < -0.4 is 5.32 Å². The molecule has 1 N–H and O–H groups in total. The van der Waals surface area contributed by atoms with Crippen molar-refractivity contribution in [3.63, 3.8) is 0 Å². The molecule has 0 fully saturated rings. The Kier molecular flexibility index (Phi) is 6.33. The van der Waals surface area contributed by atoms with Gasteiger partial charge in [0, 0.05) is 29.7 Å². The van der Waals surface area contributed by atoms with Crippen LogP contribution in [0.3, 0.4) is 0 Å². The van der Waals surface area contributed by atoms with Crippen molar-refractivity contribution in [3.8, 4) is 11.3 Å². The van der Waals surface area contributed by atoms with E-state index >= 15 is 0 Å². The molecule has 1 unspecified atom stereocenters. The standard InChI is InChI=1S/C27H28N4O2/c32-26(15-8-16-27-28-18-25(33-27)21-11-5-2-6-12-21)30-23-13-7-14-24-22(23)17-29-31(24)19-20-9-3-1-4-10-20/h1-6,9-12,17-18,23H,7-8,13-16,19H2,(H,30,32). The van der Waals surface area contributed by atoms with Gasteiger partial charge in [0.05, 0.1) is 25.0 Å². The zero-order valence-corrected chi connectivity index (χ0v) is 18.6. The molecular weight excluding hydrogens is 412 g/mol. The number of oxazole rings is 1. The second kappa shape index (κ2) is 9.86. The van der Waals surface area contributed by atoms with Crippen LogP contribution in [-0.2, 0) is 24.2 Å². The number of hydrogen-bond acceptors (Lipinski definition) is 4. The molecule has 0 saturated heterocycles. The molecule has 2 heterocycles. The molecule has 1 aliphatic carbocycles. The number of carbonyl (C=O) groups is 1. The molecule has 2 aromatic heterocycles. The molecule has 4 aromatic rings. The predicted molar refractivity (Wildman–Crippen MR) is 126 cm³/mol. The van der Waals surface area contributed by atoms with E-state index < -0.39 is 0 Å². The highest BCUT2D eigenvalue weighted by Crippen LogP contribution is 2.30. The average molecular weight is 441 g/mol. The molecular formula is C27H28N4O2. The average Bonchev–Trinajstić information content (AvgIpc) is 3.49. The van der Waals surface area contributed by atoms with Gasteiger partial charge in [-0.1, -0.05) is 60.7 Å². The maximum Gasteiger partial charge on any atom is 0.220 e. The normalized spacial score (nSPS) is 15.2. The molecule has 0 spiro atoms. The van der Waals surface area contributed by atoms with Crippen molar-refractivity contribution >= 4 is 5.91 Å². The third-order valence-electron chi connectivity index (χ3n) is 6.18. The fourth-order valence-corrected chi connectivity index (χ4v) is 4.49. The Balaban J connectivity index is 1.14. The summed E-state index contributed by atoms with van der Waals surface area (Å²) < 4.78 is 7.92. The summed E-state index contributed by atoms with van der Waals surface area (Å²) in [7, 11) is 0. The number of carbonyl (C=O) groups excluding carboxylic acids is 1. The Morgan fingerprint density at radius 1 is 1.06 bits per heavy atom.